The lowest BCUT2D eigenvalue weighted by atomic mass is 10.0. The summed E-state index contributed by atoms with van der Waals surface area (Å²) in [4.78, 5) is 15.0. The zero-order valence-electron chi connectivity index (χ0n) is 10.8. The van der Waals surface area contributed by atoms with E-state index < -0.39 is 5.97 Å². The number of nitrogens with one attached hydrogen (secondary N) is 1. The smallest absolute Gasteiger partial charge is 0.340 e. The van der Waals surface area contributed by atoms with E-state index >= 15 is 0 Å². The van der Waals surface area contributed by atoms with Gasteiger partial charge in [-0.25, -0.2) is 4.79 Å². The highest BCUT2D eigenvalue weighted by molar-refractivity contribution is 7.71. The van der Waals surface area contributed by atoms with E-state index in [4.69, 9.17) is 22.2 Å². The van der Waals surface area contributed by atoms with Crippen molar-refractivity contribution in [3.05, 3.63) is 52.2 Å². The van der Waals surface area contributed by atoms with Crippen molar-refractivity contribution in [2.75, 3.05) is 6.61 Å². The van der Waals surface area contributed by atoms with Crippen LogP contribution in [0.1, 0.15) is 22.8 Å². The minimum Gasteiger partial charge on any atom is -0.462 e. The van der Waals surface area contributed by atoms with Gasteiger partial charge in [0.25, 0.3) is 0 Å². The molecule has 0 aliphatic heterocycles. The van der Waals surface area contributed by atoms with Gasteiger partial charge in [-0.3, -0.25) is 0 Å². The number of nitrogens with zero attached hydrogens (tertiary/aromatic N) is 1. The third-order valence-corrected chi connectivity index (χ3v) is 3.04. The van der Waals surface area contributed by atoms with Gasteiger partial charge in [0.15, 0.2) is 0 Å². The number of aromatic amines is 1. The number of rotatable bonds is 3. The first-order valence-corrected chi connectivity index (χ1v) is 6.48. The molecular formula is C15H12N2O2S. The molecule has 0 aliphatic carbocycles. The highest BCUT2D eigenvalue weighted by Crippen LogP contribution is 2.23. The van der Waals surface area contributed by atoms with Gasteiger partial charge in [0.2, 0.25) is 0 Å². The molecule has 4 nitrogen and oxygen atoms in total. The van der Waals surface area contributed by atoms with Crippen LogP contribution in [0.15, 0.2) is 36.4 Å². The van der Waals surface area contributed by atoms with Crippen LogP contribution < -0.4 is 0 Å². The van der Waals surface area contributed by atoms with Crippen LogP contribution in [0.2, 0.25) is 0 Å². The summed E-state index contributed by atoms with van der Waals surface area (Å²) in [6, 6.07) is 12.8. The van der Waals surface area contributed by atoms with Gasteiger partial charge in [0.1, 0.15) is 10.7 Å². The summed E-state index contributed by atoms with van der Waals surface area (Å²) >= 11 is 5.12. The summed E-state index contributed by atoms with van der Waals surface area (Å²) in [5, 5.41) is 9.03. The average molecular weight is 284 g/mol. The molecule has 0 saturated heterocycles. The molecular weight excluding hydrogens is 272 g/mol. The molecule has 20 heavy (non-hydrogen) atoms. The molecule has 1 aromatic heterocycles. The number of carbonyl (C=O) groups excluding carboxylic acids is 1. The molecule has 0 saturated carbocycles. The quantitative estimate of drug-likeness (QED) is 0.692. The van der Waals surface area contributed by atoms with Crippen molar-refractivity contribution in [3.8, 4) is 17.3 Å². The first-order chi connectivity index (χ1) is 9.67. The first kappa shape index (κ1) is 14.0. The number of H-pyrrole nitrogens is 1. The molecule has 2 rings (SSSR count). The van der Waals surface area contributed by atoms with Crippen LogP contribution in [-0.4, -0.2) is 17.6 Å². The van der Waals surface area contributed by atoms with Crippen LogP contribution in [0.4, 0.5) is 0 Å². The number of esters is 1. The van der Waals surface area contributed by atoms with Gasteiger partial charge in [-0.2, -0.15) is 5.26 Å². The number of carbonyl (C=O) groups is 1. The second-order valence-corrected chi connectivity index (χ2v) is 4.41. The molecule has 2 aromatic rings. The Kier molecular flexibility index (Phi) is 4.28. The van der Waals surface area contributed by atoms with E-state index in [1.54, 1.807) is 6.92 Å². The number of hydrogen-bond acceptors (Lipinski definition) is 4. The third-order valence-electron chi connectivity index (χ3n) is 2.72. The Hall–Kier alpha value is -2.45. The molecule has 0 atom stereocenters. The predicted octanol–water partition coefficient (Wildman–Crippen LogP) is 3.46. The second kappa shape index (κ2) is 6.13. The number of benzene rings is 1. The zero-order valence-corrected chi connectivity index (χ0v) is 11.7. The number of nitriles is 1. The minimum absolute atomic E-state index is 0.253. The number of ether oxygens (including phenoxy) is 1. The van der Waals surface area contributed by atoms with Crippen LogP contribution >= 0.6 is 12.2 Å². The molecule has 1 heterocycles. The molecule has 1 aromatic carbocycles. The maximum atomic E-state index is 12.0. The van der Waals surface area contributed by atoms with Crippen molar-refractivity contribution < 1.29 is 9.53 Å². The monoisotopic (exact) mass is 284 g/mol. The summed E-state index contributed by atoms with van der Waals surface area (Å²) in [6.07, 6.45) is 0. The molecule has 100 valence electrons. The molecule has 0 radical (unpaired) electrons. The highest BCUT2D eigenvalue weighted by Gasteiger charge is 2.16. The van der Waals surface area contributed by atoms with Crippen LogP contribution in [0, 0.1) is 16.0 Å². The van der Waals surface area contributed by atoms with Crippen molar-refractivity contribution in [2.24, 2.45) is 0 Å². The van der Waals surface area contributed by atoms with E-state index in [1.807, 2.05) is 36.4 Å². The van der Waals surface area contributed by atoms with Crippen LogP contribution in [0.25, 0.3) is 11.3 Å². The fourth-order valence-corrected chi connectivity index (χ4v) is 2.02. The van der Waals surface area contributed by atoms with Gasteiger partial charge in [-0.15, -0.1) is 0 Å². The Morgan fingerprint density at radius 2 is 2.10 bits per heavy atom. The van der Waals surface area contributed by atoms with Crippen molar-refractivity contribution in [1.29, 1.82) is 5.26 Å². The van der Waals surface area contributed by atoms with Gasteiger partial charge in [0, 0.05) is 0 Å². The minimum atomic E-state index is -0.478. The van der Waals surface area contributed by atoms with Crippen molar-refractivity contribution in [1.82, 2.24) is 4.98 Å². The van der Waals surface area contributed by atoms with Crippen LogP contribution in [-0.2, 0) is 4.74 Å². The predicted molar refractivity (Wildman–Crippen MR) is 77.7 cm³/mol. The molecule has 0 fully saturated rings. The number of pyridine rings is 1. The topological polar surface area (TPSA) is 65.9 Å². The fourth-order valence-electron chi connectivity index (χ4n) is 1.82. The maximum Gasteiger partial charge on any atom is 0.340 e. The molecule has 1 N–H and O–H groups in total. The highest BCUT2D eigenvalue weighted by atomic mass is 32.1. The van der Waals surface area contributed by atoms with Crippen LogP contribution in [0.3, 0.4) is 0 Å². The molecule has 0 bridgehead atoms. The molecule has 0 aliphatic rings. The summed E-state index contributed by atoms with van der Waals surface area (Å²) < 4.78 is 5.33. The van der Waals surface area contributed by atoms with Crippen molar-refractivity contribution in [2.45, 2.75) is 6.92 Å². The molecule has 5 heteroatoms. The first-order valence-electron chi connectivity index (χ1n) is 6.07. The van der Waals surface area contributed by atoms with E-state index in [1.165, 1.54) is 6.07 Å². The summed E-state index contributed by atoms with van der Waals surface area (Å²) in [5.74, 6) is -0.478. The van der Waals surface area contributed by atoms with Gasteiger partial charge in [-0.05, 0) is 18.6 Å². The molecule has 0 amide bonds. The number of hydrogen-bond donors (Lipinski definition) is 1. The standard InChI is InChI=1S/C15H12N2O2S/c1-2-19-15(18)12-8-11(9-16)14(20)17-13(12)10-6-4-3-5-7-10/h3-8H,2H2,1H3,(H,17,20). The third kappa shape index (κ3) is 2.76. The lowest BCUT2D eigenvalue weighted by Crippen LogP contribution is -2.08. The van der Waals surface area contributed by atoms with E-state index in [9.17, 15) is 4.79 Å². The number of aromatic nitrogens is 1. The summed E-state index contributed by atoms with van der Waals surface area (Å²) in [6.45, 7) is 2.00. The van der Waals surface area contributed by atoms with Gasteiger partial charge in [0.05, 0.1) is 23.4 Å². The Morgan fingerprint density at radius 3 is 2.70 bits per heavy atom. The second-order valence-electron chi connectivity index (χ2n) is 4.00. The maximum absolute atomic E-state index is 12.0. The average Bonchev–Trinajstić information content (AvgIpc) is 2.48. The van der Waals surface area contributed by atoms with E-state index in [0.717, 1.165) is 5.56 Å². The van der Waals surface area contributed by atoms with Crippen LogP contribution in [0.5, 0.6) is 0 Å². The van der Waals surface area contributed by atoms with Gasteiger partial charge in [-0.1, -0.05) is 42.5 Å². The van der Waals surface area contributed by atoms with Gasteiger partial charge < -0.3 is 9.72 Å². The Bertz CT molecular complexity index is 730. The lowest BCUT2D eigenvalue weighted by Gasteiger charge is -2.10. The SMILES string of the molecule is CCOC(=O)c1cc(C#N)c(=S)[nH]c1-c1ccccc1. The van der Waals surface area contributed by atoms with E-state index in [-0.39, 0.29) is 12.2 Å². The Labute approximate surface area is 121 Å². The summed E-state index contributed by atoms with van der Waals surface area (Å²) in [5.41, 5.74) is 1.94. The Balaban J connectivity index is 2.67. The molecule has 0 spiro atoms. The van der Waals surface area contributed by atoms with E-state index in [0.29, 0.717) is 15.9 Å². The fraction of sp³-hybridized carbons (Fsp3) is 0.133. The Morgan fingerprint density at radius 1 is 1.40 bits per heavy atom. The summed E-state index contributed by atoms with van der Waals surface area (Å²) in [7, 11) is 0. The normalized spacial score (nSPS) is 9.80. The lowest BCUT2D eigenvalue weighted by molar-refractivity contribution is 0.0527. The zero-order chi connectivity index (χ0) is 14.5. The van der Waals surface area contributed by atoms with E-state index in [2.05, 4.69) is 4.98 Å². The van der Waals surface area contributed by atoms with Crippen molar-refractivity contribution >= 4 is 18.2 Å². The molecule has 0 unspecified atom stereocenters. The van der Waals surface area contributed by atoms with Crippen molar-refractivity contribution in [3.63, 3.8) is 0 Å². The van der Waals surface area contributed by atoms with Gasteiger partial charge >= 0.3 is 5.97 Å². The largest absolute Gasteiger partial charge is 0.462 e.